The number of nitrogens with one attached hydrogen (secondary N) is 2. The number of benzene rings is 3. The van der Waals surface area contributed by atoms with Gasteiger partial charge in [-0.05, 0) is 41.8 Å². The topological polar surface area (TPSA) is 81.7 Å². The number of hydrogen-bond donors (Lipinski definition) is 3. The highest BCUT2D eigenvalue weighted by Crippen LogP contribution is 2.39. The van der Waals surface area contributed by atoms with E-state index < -0.39 is 17.7 Å². The second kappa shape index (κ2) is 8.41. The van der Waals surface area contributed by atoms with Crippen LogP contribution in [0.4, 0.5) is 16.2 Å². The van der Waals surface area contributed by atoms with Crippen molar-refractivity contribution in [3.05, 3.63) is 94.5 Å². The number of fused-ring (bicyclic) bond motifs is 1. The molecule has 7 heteroatoms. The molecule has 0 aliphatic carbocycles. The maximum absolute atomic E-state index is 13.4. The maximum Gasteiger partial charge on any atom is 0.329 e. The van der Waals surface area contributed by atoms with Gasteiger partial charge in [-0.1, -0.05) is 67.1 Å². The van der Waals surface area contributed by atoms with Crippen molar-refractivity contribution in [2.45, 2.75) is 25.6 Å². The number of aliphatic hydroxyl groups is 1. The first-order valence-electron chi connectivity index (χ1n) is 9.99. The zero-order valence-corrected chi connectivity index (χ0v) is 17.7. The van der Waals surface area contributed by atoms with E-state index in [1.54, 1.807) is 54.6 Å². The summed E-state index contributed by atoms with van der Waals surface area (Å²) >= 11 is 6.20. The van der Waals surface area contributed by atoms with Crippen LogP contribution in [0.25, 0.3) is 0 Å². The molecule has 0 saturated heterocycles. The maximum atomic E-state index is 13.4. The Morgan fingerprint density at radius 1 is 1.06 bits per heavy atom. The van der Waals surface area contributed by atoms with Crippen molar-refractivity contribution >= 4 is 34.9 Å². The first-order valence-corrected chi connectivity index (χ1v) is 10.4. The zero-order valence-electron chi connectivity index (χ0n) is 16.9. The molecular weight excluding hydrogens is 414 g/mol. The lowest BCUT2D eigenvalue weighted by Crippen LogP contribution is -2.62. The third-order valence-electron chi connectivity index (χ3n) is 5.39. The third kappa shape index (κ3) is 3.76. The number of anilines is 2. The smallest absolute Gasteiger partial charge is 0.329 e. The standard InChI is InChI=1S/C24H22ClN3O3/c1-2-16-11-13-18(14-12-16)28-23(30)27-21-10-6-4-8-19(21)24(28,31)22(29)26-15-17-7-3-5-9-20(17)25/h3-14,31H,2,15H2,1H3,(H,26,29)(H,27,30)/t24-/m0/s1. The lowest BCUT2D eigenvalue weighted by Gasteiger charge is -2.42. The van der Waals surface area contributed by atoms with Crippen LogP contribution in [-0.2, 0) is 23.5 Å². The van der Waals surface area contributed by atoms with Gasteiger partial charge < -0.3 is 15.7 Å². The van der Waals surface area contributed by atoms with Gasteiger partial charge >= 0.3 is 6.03 Å². The molecule has 0 radical (unpaired) electrons. The van der Waals surface area contributed by atoms with Crippen LogP contribution >= 0.6 is 11.6 Å². The Bertz CT molecular complexity index is 1130. The van der Waals surface area contributed by atoms with Gasteiger partial charge in [0.05, 0.1) is 5.69 Å². The number of carbonyl (C=O) groups is 2. The van der Waals surface area contributed by atoms with Crippen molar-refractivity contribution < 1.29 is 14.7 Å². The van der Waals surface area contributed by atoms with E-state index in [2.05, 4.69) is 10.6 Å². The van der Waals surface area contributed by atoms with E-state index in [1.165, 1.54) is 0 Å². The summed E-state index contributed by atoms with van der Waals surface area (Å²) in [4.78, 5) is 27.5. The molecule has 0 bridgehead atoms. The number of hydrogen-bond acceptors (Lipinski definition) is 3. The Morgan fingerprint density at radius 3 is 2.45 bits per heavy atom. The molecule has 3 aromatic carbocycles. The molecule has 0 fully saturated rings. The third-order valence-corrected chi connectivity index (χ3v) is 5.76. The quantitative estimate of drug-likeness (QED) is 0.555. The van der Waals surface area contributed by atoms with E-state index in [-0.39, 0.29) is 12.1 Å². The Morgan fingerprint density at radius 2 is 1.74 bits per heavy atom. The number of aryl methyl sites for hydroxylation is 1. The van der Waals surface area contributed by atoms with Crippen LogP contribution in [0.1, 0.15) is 23.6 Å². The van der Waals surface area contributed by atoms with Crippen molar-refractivity contribution in [3.63, 3.8) is 0 Å². The number of halogens is 1. The highest BCUT2D eigenvalue weighted by atomic mass is 35.5. The highest BCUT2D eigenvalue weighted by molar-refractivity contribution is 6.31. The van der Waals surface area contributed by atoms with Gasteiger partial charge in [0.25, 0.3) is 11.6 Å². The number of urea groups is 1. The van der Waals surface area contributed by atoms with Crippen LogP contribution in [0.2, 0.25) is 5.02 Å². The predicted octanol–water partition coefficient (Wildman–Crippen LogP) is 4.42. The van der Waals surface area contributed by atoms with E-state index in [0.29, 0.717) is 22.0 Å². The van der Waals surface area contributed by atoms with Crippen LogP contribution < -0.4 is 15.5 Å². The Balaban J connectivity index is 1.75. The number of carbonyl (C=O) groups excluding carboxylic acids is 2. The van der Waals surface area contributed by atoms with Crippen molar-refractivity contribution in [2.75, 3.05) is 10.2 Å². The van der Waals surface area contributed by atoms with Gasteiger partial charge in [-0.25, -0.2) is 4.79 Å². The van der Waals surface area contributed by atoms with Gasteiger partial charge in [-0.2, -0.15) is 0 Å². The number of amides is 3. The first kappa shape index (κ1) is 20.9. The van der Waals surface area contributed by atoms with Crippen LogP contribution in [0.5, 0.6) is 0 Å². The van der Waals surface area contributed by atoms with Crippen LogP contribution in [0.15, 0.2) is 72.8 Å². The number of nitrogens with zero attached hydrogens (tertiary/aromatic N) is 1. The van der Waals surface area contributed by atoms with Gasteiger partial charge in [0.1, 0.15) is 0 Å². The second-order valence-electron chi connectivity index (χ2n) is 7.28. The lowest BCUT2D eigenvalue weighted by atomic mass is 9.94. The molecule has 0 saturated carbocycles. The molecule has 0 aromatic heterocycles. The summed E-state index contributed by atoms with van der Waals surface area (Å²) in [5.41, 5.74) is 0.602. The van der Waals surface area contributed by atoms with E-state index in [0.717, 1.165) is 16.9 Å². The van der Waals surface area contributed by atoms with E-state index in [9.17, 15) is 14.7 Å². The Labute approximate surface area is 185 Å². The highest BCUT2D eigenvalue weighted by Gasteiger charge is 2.51. The minimum absolute atomic E-state index is 0.104. The van der Waals surface area contributed by atoms with Gasteiger partial charge in [-0.3, -0.25) is 9.69 Å². The zero-order chi connectivity index (χ0) is 22.0. The van der Waals surface area contributed by atoms with Gasteiger partial charge in [0, 0.05) is 22.8 Å². The van der Waals surface area contributed by atoms with E-state index in [4.69, 9.17) is 11.6 Å². The molecular formula is C24H22ClN3O3. The molecule has 4 rings (SSSR count). The van der Waals surface area contributed by atoms with Crippen molar-refractivity contribution in [1.82, 2.24) is 5.32 Å². The van der Waals surface area contributed by atoms with Gasteiger partial charge in [0.2, 0.25) is 0 Å². The molecule has 1 atom stereocenters. The monoisotopic (exact) mass is 435 g/mol. The fourth-order valence-corrected chi connectivity index (χ4v) is 3.89. The summed E-state index contributed by atoms with van der Waals surface area (Å²) in [7, 11) is 0. The normalized spacial score (nSPS) is 17.6. The Kier molecular flexibility index (Phi) is 5.67. The molecule has 3 amide bonds. The summed E-state index contributed by atoms with van der Waals surface area (Å²) in [5, 5.41) is 17.8. The largest absolute Gasteiger partial charge is 0.359 e. The summed E-state index contributed by atoms with van der Waals surface area (Å²) in [6.45, 7) is 2.13. The van der Waals surface area contributed by atoms with Crippen LogP contribution in [0, 0.1) is 0 Å². The van der Waals surface area contributed by atoms with Crippen molar-refractivity contribution in [3.8, 4) is 0 Å². The Hall–Kier alpha value is -3.35. The molecule has 1 aliphatic rings. The fourth-order valence-electron chi connectivity index (χ4n) is 3.68. The summed E-state index contributed by atoms with van der Waals surface area (Å²) in [6, 6.07) is 20.4. The molecule has 158 valence electrons. The van der Waals surface area contributed by atoms with Crippen molar-refractivity contribution in [2.24, 2.45) is 0 Å². The van der Waals surface area contributed by atoms with Crippen LogP contribution in [0.3, 0.4) is 0 Å². The molecule has 31 heavy (non-hydrogen) atoms. The average Bonchev–Trinajstić information content (AvgIpc) is 2.78. The lowest BCUT2D eigenvalue weighted by molar-refractivity contribution is -0.140. The van der Waals surface area contributed by atoms with E-state index >= 15 is 0 Å². The summed E-state index contributed by atoms with van der Waals surface area (Å²) in [5.74, 6) is -0.728. The number of para-hydroxylation sites is 1. The summed E-state index contributed by atoms with van der Waals surface area (Å²) < 4.78 is 0. The summed E-state index contributed by atoms with van der Waals surface area (Å²) in [6.07, 6.45) is 0.831. The molecule has 3 N–H and O–H groups in total. The second-order valence-corrected chi connectivity index (χ2v) is 7.68. The van der Waals surface area contributed by atoms with Crippen molar-refractivity contribution in [1.29, 1.82) is 0 Å². The average molecular weight is 436 g/mol. The van der Waals surface area contributed by atoms with Crippen LogP contribution in [-0.4, -0.2) is 17.0 Å². The molecule has 0 unspecified atom stereocenters. The van der Waals surface area contributed by atoms with Gasteiger partial charge in [0.15, 0.2) is 0 Å². The van der Waals surface area contributed by atoms with Gasteiger partial charge in [-0.15, -0.1) is 0 Å². The molecule has 1 heterocycles. The fraction of sp³-hybridized carbons (Fsp3) is 0.167. The molecule has 3 aromatic rings. The van der Waals surface area contributed by atoms with E-state index in [1.807, 2.05) is 25.1 Å². The molecule has 1 aliphatic heterocycles. The number of rotatable bonds is 5. The predicted molar refractivity (Wildman–Crippen MR) is 121 cm³/mol. The first-order chi connectivity index (χ1) is 14.9. The SMILES string of the molecule is CCc1ccc(N2C(=O)Nc3ccccc3[C@]2(O)C(=O)NCc2ccccc2Cl)cc1. The molecule has 6 nitrogen and oxygen atoms in total. The molecule has 0 spiro atoms. The minimum atomic E-state index is -2.24. The minimum Gasteiger partial charge on any atom is -0.359 e.